The lowest BCUT2D eigenvalue weighted by atomic mass is 10.3. The van der Waals surface area contributed by atoms with Crippen LogP contribution in [0.25, 0.3) is 5.69 Å². The molecule has 1 heterocycles. The van der Waals surface area contributed by atoms with Crippen molar-refractivity contribution in [1.29, 1.82) is 0 Å². The van der Waals surface area contributed by atoms with Gasteiger partial charge in [-0.25, -0.2) is 9.07 Å². The van der Waals surface area contributed by atoms with Crippen LogP contribution in [-0.2, 0) is 4.79 Å². The van der Waals surface area contributed by atoms with Gasteiger partial charge in [-0.1, -0.05) is 52.9 Å². The number of nitrogens with one attached hydrogen (secondary N) is 1. The number of rotatable bonds is 5. The zero-order valence-corrected chi connectivity index (χ0v) is 16.7. The van der Waals surface area contributed by atoms with Crippen molar-refractivity contribution < 1.29 is 9.18 Å². The highest BCUT2D eigenvalue weighted by atomic mass is 35.5. The van der Waals surface area contributed by atoms with Gasteiger partial charge in [-0.15, -0.1) is 5.10 Å². The molecular formula is C17H13ClFN3OS3. The Hall–Kier alpha value is -1.74. The molecule has 0 spiro atoms. The Balaban J connectivity index is 1.71. The van der Waals surface area contributed by atoms with Crippen LogP contribution in [0.3, 0.4) is 0 Å². The molecule has 0 radical (unpaired) electrons. The van der Waals surface area contributed by atoms with Gasteiger partial charge in [-0.05, 0) is 49.5 Å². The third-order valence-corrected chi connectivity index (χ3v) is 6.09. The molecule has 0 fully saturated rings. The molecule has 0 saturated heterocycles. The minimum absolute atomic E-state index is 0.152. The Bertz CT molecular complexity index is 990. The number of benzene rings is 2. The maximum atomic E-state index is 13.1. The highest BCUT2D eigenvalue weighted by Crippen LogP contribution is 2.29. The van der Waals surface area contributed by atoms with E-state index in [0.29, 0.717) is 14.0 Å². The van der Waals surface area contributed by atoms with Gasteiger partial charge in [0.1, 0.15) is 5.82 Å². The van der Waals surface area contributed by atoms with E-state index >= 15 is 0 Å². The number of halogens is 2. The van der Waals surface area contributed by atoms with Crippen LogP contribution in [0.2, 0.25) is 5.02 Å². The molecule has 0 aliphatic rings. The van der Waals surface area contributed by atoms with Gasteiger partial charge in [-0.3, -0.25) is 4.79 Å². The maximum absolute atomic E-state index is 13.1. The lowest BCUT2D eigenvalue weighted by Gasteiger charge is -2.11. The molecule has 3 rings (SSSR count). The summed E-state index contributed by atoms with van der Waals surface area (Å²) in [4.78, 5) is 12.4. The summed E-state index contributed by atoms with van der Waals surface area (Å²) in [6.45, 7) is 1.76. The molecule has 1 amide bonds. The molecular weight excluding hydrogens is 413 g/mol. The molecule has 1 aromatic heterocycles. The fourth-order valence-corrected chi connectivity index (χ4v) is 4.79. The van der Waals surface area contributed by atoms with Crippen LogP contribution in [0.4, 0.5) is 10.1 Å². The molecule has 1 atom stereocenters. The highest BCUT2D eigenvalue weighted by molar-refractivity contribution is 8.02. The second-order valence-corrected chi connectivity index (χ2v) is 8.87. The van der Waals surface area contributed by atoms with Gasteiger partial charge in [0.2, 0.25) is 5.91 Å². The molecule has 0 aliphatic heterocycles. The van der Waals surface area contributed by atoms with Crippen LogP contribution in [0.5, 0.6) is 0 Å². The largest absolute Gasteiger partial charge is 0.324 e. The number of anilines is 1. The molecule has 0 saturated carbocycles. The summed E-state index contributed by atoms with van der Waals surface area (Å²) in [6, 6.07) is 13.4. The molecule has 0 aliphatic carbocycles. The molecule has 0 unspecified atom stereocenters. The molecule has 0 bridgehead atoms. The first kappa shape index (κ1) is 19.0. The second-order valence-electron chi connectivity index (χ2n) is 5.25. The number of para-hydroxylation sites is 1. The number of hydrogen-bond acceptors (Lipinski definition) is 5. The Labute approximate surface area is 168 Å². The monoisotopic (exact) mass is 425 g/mol. The van der Waals surface area contributed by atoms with E-state index in [1.165, 1.54) is 35.2 Å². The fraction of sp³-hybridized carbons (Fsp3) is 0.118. The van der Waals surface area contributed by atoms with Gasteiger partial charge in [0.15, 0.2) is 8.29 Å². The number of carbonyl (C=O) groups excluding carboxylic acids is 1. The summed E-state index contributed by atoms with van der Waals surface area (Å²) in [7, 11) is 0. The highest BCUT2D eigenvalue weighted by Gasteiger charge is 2.18. The quantitative estimate of drug-likeness (QED) is 0.428. The standard InChI is InChI=1S/C17H13ClFN3OS3/c1-10(15(23)20-14-8-7-11(19)9-13(14)18)25-16-21-22(17(24)26-16)12-5-3-2-4-6-12/h2-10H,1H3,(H,20,23)/t10-/m0/s1. The minimum Gasteiger partial charge on any atom is -0.324 e. The van der Waals surface area contributed by atoms with Crippen LogP contribution in [0, 0.1) is 9.77 Å². The summed E-state index contributed by atoms with van der Waals surface area (Å²) in [6.07, 6.45) is 0. The van der Waals surface area contributed by atoms with Gasteiger partial charge >= 0.3 is 0 Å². The number of amides is 1. The van der Waals surface area contributed by atoms with E-state index in [1.54, 1.807) is 11.6 Å². The molecule has 26 heavy (non-hydrogen) atoms. The first-order valence-electron chi connectivity index (χ1n) is 7.52. The SMILES string of the molecule is C[C@H](Sc1nn(-c2ccccc2)c(=S)s1)C(=O)Nc1ccc(F)cc1Cl. The van der Waals surface area contributed by atoms with Crippen molar-refractivity contribution in [3.63, 3.8) is 0 Å². The van der Waals surface area contributed by atoms with Crippen LogP contribution in [-0.4, -0.2) is 20.9 Å². The third kappa shape index (κ3) is 4.50. The van der Waals surface area contributed by atoms with Gasteiger partial charge in [0.05, 0.1) is 21.6 Å². The van der Waals surface area contributed by atoms with Crippen LogP contribution < -0.4 is 5.32 Å². The smallest absolute Gasteiger partial charge is 0.237 e. The summed E-state index contributed by atoms with van der Waals surface area (Å²) >= 11 is 13.9. The number of hydrogen-bond donors (Lipinski definition) is 1. The van der Waals surface area contributed by atoms with Gasteiger partial charge in [0.25, 0.3) is 0 Å². The number of thioether (sulfide) groups is 1. The molecule has 3 aromatic rings. The predicted octanol–water partition coefficient (Wildman–Crippen LogP) is 5.58. The van der Waals surface area contributed by atoms with Crippen molar-refractivity contribution in [1.82, 2.24) is 9.78 Å². The van der Waals surface area contributed by atoms with Crippen molar-refractivity contribution in [2.45, 2.75) is 16.5 Å². The van der Waals surface area contributed by atoms with E-state index in [2.05, 4.69) is 10.4 Å². The summed E-state index contributed by atoms with van der Waals surface area (Å²) in [5, 5.41) is 6.90. The van der Waals surface area contributed by atoms with E-state index in [1.807, 2.05) is 30.3 Å². The van der Waals surface area contributed by atoms with Crippen LogP contribution >= 0.6 is 46.9 Å². The molecule has 9 heteroatoms. The summed E-state index contributed by atoms with van der Waals surface area (Å²) < 4.78 is 16.1. The van der Waals surface area contributed by atoms with Crippen molar-refractivity contribution >= 4 is 58.5 Å². The van der Waals surface area contributed by atoms with Gasteiger partial charge in [0, 0.05) is 0 Å². The van der Waals surface area contributed by atoms with Crippen molar-refractivity contribution in [3.05, 3.63) is 63.3 Å². The third-order valence-electron chi connectivity index (χ3n) is 3.37. The zero-order valence-electron chi connectivity index (χ0n) is 13.5. The fourth-order valence-electron chi connectivity index (χ4n) is 2.07. The second kappa shape index (κ2) is 8.30. The number of aromatic nitrogens is 2. The van der Waals surface area contributed by atoms with E-state index < -0.39 is 11.1 Å². The zero-order chi connectivity index (χ0) is 18.7. The van der Waals surface area contributed by atoms with Gasteiger partial charge in [-0.2, -0.15) is 0 Å². The van der Waals surface area contributed by atoms with Crippen molar-refractivity contribution in [3.8, 4) is 5.69 Å². The van der Waals surface area contributed by atoms with Crippen LogP contribution in [0.15, 0.2) is 52.9 Å². The normalized spacial score (nSPS) is 12.0. The Morgan fingerprint density at radius 1 is 1.35 bits per heavy atom. The Morgan fingerprint density at radius 2 is 2.08 bits per heavy atom. The predicted molar refractivity (Wildman–Crippen MR) is 108 cm³/mol. The lowest BCUT2D eigenvalue weighted by Crippen LogP contribution is -2.22. The van der Waals surface area contributed by atoms with E-state index in [-0.39, 0.29) is 10.9 Å². The van der Waals surface area contributed by atoms with E-state index in [0.717, 1.165) is 11.8 Å². The minimum atomic E-state index is -0.457. The number of nitrogens with zero attached hydrogens (tertiary/aromatic N) is 2. The number of carbonyl (C=O) groups is 1. The summed E-state index contributed by atoms with van der Waals surface area (Å²) in [5.41, 5.74) is 1.24. The van der Waals surface area contributed by atoms with Crippen molar-refractivity contribution in [2.75, 3.05) is 5.32 Å². The lowest BCUT2D eigenvalue weighted by molar-refractivity contribution is -0.115. The van der Waals surface area contributed by atoms with Crippen molar-refractivity contribution in [2.24, 2.45) is 0 Å². The molecule has 4 nitrogen and oxygen atoms in total. The molecule has 134 valence electrons. The average Bonchev–Trinajstić information content (AvgIpc) is 2.98. The Morgan fingerprint density at radius 3 is 2.77 bits per heavy atom. The maximum Gasteiger partial charge on any atom is 0.237 e. The average molecular weight is 426 g/mol. The van der Waals surface area contributed by atoms with Crippen LogP contribution in [0.1, 0.15) is 6.92 Å². The van der Waals surface area contributed by atoms with Gasteiger partial charge < -0.3 is 5.32 Å². The van der Waals surface area contributed by atoms with E-state index in [4.69, 9.17) is 23.8 Å². The first-order valence-corrected chi connectivity index (χ1v) is 10.0. The molecule has 1 N–H and O–H groups in total. The summed E-state index contributed by atoms with van der Waals surface area (Å²) in [5.74, 6) is -0.711. The first-order chi connectivity index (χ1) is 12.4. The molecule has 2 aromatic carbocycles. The Kier molecular flexibility index (Phi) is 6.08. The van der Waals surface area contributed by atoms with E-state index in [9.17, 15) is 9.18 Å². The topological polar surface area (TPSA) is 46.9 Å².